The van der Waals surface area contributed by atoms with Crippen LogP contribution in [0.5, 0.6) is 0 Å². The lowest BCUT2D eigenvalue weighted by Gasteiger charge is -2.08. The fourth-order valence-corrected chi connectivity index (χ4v) is 3.99. The van der Waals surface area contributed by atoms with Crippen LogP contribution in [0.1, 0.15) is 50.6 Å². The van der Waals surface area contributed by atoms with Crippen molar-refractivity contribution in [3.63, 3.8) is 0 Å². The van der Waals surface area contributed by atoms with Gasteiger partial charge in [-0.2, -0.15) is 4.98 Å². The summed E-state index contributed by atoms with van der Waals surface area (Å²) in [6, 6.07) is 4.09. The SMILES string of the molecule is CCCCc1noc(C(C)Sc2nnc(-c3cccs3)n2CC)n1. The summed E-state index contributed by atoms with van der Waals surface area (Å²) in [5.74, 6) is 2.35. The summed E-state index contributed by atoms with van der Waals surface area (Å²) in [6.45, 7) is 7.13. The van der Waals surface area contributed by atoms with Gasteiger partial charge in [0.2, 0.25) is 5.89 Å². The van der Waals surface area contributed by atoms with E-state index >= 15 is 0 Å². The molecule has 3 aromatic rings. The molecule has 0 aliphatic rings. The Labute approximate surface area is 149 Å². The van der Waals surface area contributed by atoms with E-state index in [-0.39, 0.29) is 5.25 Å². The zero-order valence-electron chi connectivity index (χ0n) is 14.1. The molecule has 3 aromatic heterocycles. The molecule has 3 heterocycles. The quantitative estimate of drug-likeness (QED) is 0.545. The topological polar surface area (TPSA) is 69.6 Å². The third kappa shape index (κ3) is 3.70. The van der Waals surface area contributed by atoms with E-state index in [2.05, 4.69) is 57.1 Å². The Hall–Kier alpha value is -1.67. The van der Waals surface area contributed by atoms with Gasteiger partial charge in [-0.25, -0.2) is 0 Å². The molecule has 24 heavy (non-hydrogen) atoms. The zero-order valence-corrected chi connectivity index (χ0v) is 15.7. The molecule has 8 heteroatoms. The van der Waals surface area contributed by atoms with E-state index in [1.807, 2.05) is 6.07 Å². The highest BCUT2D eigenvalue weighted by Crippen LogP contribution is 2.35. The second-order valence-electron chi connectivity index (χ2n) is 5.44. The number of thiophene rings is 1. The first-order valence-corrected chi connectivity index (χ1v) is 9.95. The largest absolute Gasteiger partial charge is 0.338 e. The summed E-state index contributed by atoms with van der Waals surface area (Å²) in [5.41, 5.74) is 0. The lowest BCUT2D eigenvalue weighted by Crippen LogP contribution is -2.00. The van der Waals surface area contributed by atoms with Crippen molar-refractivity contribution in [3.8, 4) is 10.7 Å². The van der Waals surface area contributed by atoms with Gasteiger partial charge in [-0.05, 0) is 31.7 Å². The zero-order chi connectivity index (χ0) is 16.9. The monoisotopic (exact) mass is 363 g/mol. The Morgan fingerprint density at radius 3 is 2.92 bits per heavy atom. The van der Waals surface area contributed by atoms with Crippen LogP contribution in [0.4, 0.5) is 0 Å². The van der Waals surface area contributed by atoms with Gasteiger partial charge in [0.15, 0.2) is 16.8 Å². The fourth-order valence-electron chi connectivity index (χ4n) is 2.33. The number of aromatic nitrogens is 5. The molecule has 0 aliphatic heterocycles. The maximum Gasteiger partial charge on any atom is 0.239 e. The van der Waals surface area contributed by atoms with Crippen LogP contribution in [0.2, 0.25) is 0 Å². The molecule has 0 radical (unpaired) electrons. The second kappa shape index (κ2) is 7.94. The first-order valence-electron chi connectivity index (χ1n) is 8.19. The Morgan fingerprint density at radius 1 is 1.33 bits per heavy atom. The number of aryl methyl sites for hydroxylation is 1. The van der Waals surface area contributed by atoms with Gasteiger partial charge in [-0.3, -0.25) is 0 Å². The van der Waals surface area contributed by atoms with Crippen LogP contribution in [-0.2, 0) is 13.0 Å². The van der Waals surface area contributed by atoms with Gasteiger partial charge >= 0.3 is 0 Å². The van der Waals surface area contributed by atoms with Crippen LogP contribution >= 0.6 is 23.1 Å². The highest BCUT2D eigenvalue weighted by Gasteiger charge is 2.21. The Morgan fingerprint density at radius 2 is 2.21 bits per heavy atom. The summed E-state index contributed by atoms with van der Waals surface area (Å²) < 4.78 is 7.54. The summed E-state index contributed by atoms with van der Waals surface area (Å²) in [5, 5.41) is 15.7. The highest BCUT2D eigenvalue weighted by atomic mass is 32.2. The number of unbranched alkanes of at least 4 members (excludes halogenated alkanes) is 1. The van der Waals surface area contributed by atoms with Gasteiger partial charge < -0.3 is 9.09 Å². The molecule has 0 amide bonds. The van der Waals surface area contributed by atoms with Crippen molar-refractivity contribution in [1.82, 2.24) is 24.9 Å². The summed E-state index contributed by atoms with van der Waals surface area (Å²) >= 11 is 3.27. The molecule has 0 N–H and O–H groups in total. The predicted octanol–water partition coefficient (Wildman–Crippen LogP) is 4.61. The molecule has 0 aliphatic carbocycles. The highest BCUT2D eigenvalue weighted by molar-refractivity contribution is 7.99. The maximum absolute atomic E-state index is 5.41. The third-order valence-electron chi connectivity index (χ3n) is 3.64. The Balaban J connectivity index is 1.74. The van der Waals surface area contributed by atoms with Gasteiger partial charge in [-0.15, -0.1) is 21.5 Å². The first-order chi connectivity index (χ1) is 11.7. The minimum atomic E-state index is 0.0403. The molecule has 0 fully saturated rings. The van der Waals surface area contributed by atoms with Crippen LogP contribution in [0.25, 0.3) is 10.7 Å². The molecule has 128 valence electrons. The fraction of sp³-hybridized carbons (Fsp3) is 0.500. The number of hydrogen-bond donors (Lipinski definition) is 0. The van der Waals surface area contributed by atoms with Crippen molar-refractivity contribution >= 4 is 23.1 Å². The van der Waals surface area contributed by atoms with Gasteiger partial charge in [0, 0.05) is 13.0 Å². The molecule has 0 spiro atoms. The minimum absolute atomic E-state index is 0.0403. The maximum atomic E-state index is 5.41. The molecule has 0 saturated heterocycles. The van der Waals surface area contributed by atoms with Crippen molar-refractivity contribution in [3.05, 3.63) is 29.2 Å². The standard InChI is InChI=1S/C16H21N5OS2/c1-4-6-9-13-17-15(22-20-13)11(3)24-16-19-18-14(21(16)5-2)12-8-7-10-23-12/h7-8,10-11H,4-6,9H2,1-3H3. The molecule has 1 atom stereocenters. The summed E-state index contributed by atoms with van der Waals surface area (Å²) in [7, 11) is 0. The summed E-state index contributed by atoms with van der Waals surface area (Å²) in [6.07, 6.45) is 3.07. The lowest BCUT2D eigenvalue weighted by molar-refractivity contribution is 0.374. The van der Waals surface area contributed by atoms with Crippen LogP contribution in [0, 0.1) is 0 Å². The molecule has 6 nitrogen and oxygen atoms in total. The van der Waals surface area contributed by atoms with Crippen LogP contribution < -0.4 is 0 Å². The molecule has 3 rings (SSSR count). The predicted molar refractivity (Wildman–Crippen MR) is 96.2 cm³/mol. The number of thioether (sulfide) groups is 1. The van der Waals surface area contributed by atoms with Gasteiger partial charge in [-0.1, -0.05) is 36.3 Å². The van der Waals surface area contributed by atoms with E-state index in [9.17, 15) is 0 Å². The first kappa shape index (κ1) is 17.2. The molecule has 1 unspecified atom stereocenters. The molecule has 0 saturated carbocycles. The van der Waals surface area contributed by atoms with Crippen molar-refractivity contribution in [1.29, 1.82) is 0 Å². The molecular formula is C16H21N5OS2. The molecule has 0 aromatic carbocycles. The van der Waals surface area contributed by atoms with Crippen molar-refractivity contribution < 1.29 is 4.52 Å². The van der Waals surface area contributed by atoms with E-state index in [0.29, 0.717) is 5.89 Å². The number of rotatable bonds is 8. The van der Waals surface area contributed by atoms with E-state index in [1.165, 1.54) is 0 Å². The number of hydrogen-bond acceptors (Lipinski definition) is 7. The smallest absolute Gasteiger partial charge is 0.239 e. The van der Waals surface area contributed by atoms with Crippen LogP contribution in [-0.4, -0.2) is 24.9 Å². The van der Waals surface area contributed by atoms with Gasteiger partial charge in [0.25, 0.3) is 0 Å². The normalized spacial score (nSPS) is 12.6. The average Bonchev–Trinajstić information content (AvgIpc) is 3.32. The molecular weight excluding hydrogens is 342 g/mol. The van der Waals surface area contributed by atoms with Gasteiger partial charge in [0.1, 0.15) is 0 Å². The Kier molecular flexibility index (Phi) is 5.68. The van der Waals surface area contributed by atoms with Crippen molar-refractivity contribution in [2.45, 2.75) is 57.0 Å². The Bertz CT molecular complexity index is 765. The van der Waals surface area contributed by atoms with E-state index < -0.39 is 0 Å². The van der Waals surface area contributed by atoms with Crippen LogP contribution in [0.15, 0.2) is 27.2 Å². The van der Waals surface area contributed by atoms with Gasteiger partial charge in [0.05, 0.1) is 10.1 Å². The van der Waals surface area contributed by atoms with E-state index in [4.69, 9.17) is 4.52 Å². The van der Waals surface area contributed by atoms with Crippen molar-refractivity contribution in [2.24, 2.45) is 0 Å². The summed E-state index contributed by atoms with van der Waals surface area (Å²) in [4.78, 5) is 5.63. The minimum Gasteiger partial charge on any atom is -0.338 e. The second-order valence-corrected chi connectivity index (χ2v) is 7.70. The lowest BCUT2D eigenvalue weighted by atomic mass is 10.2. The van der Waals surface area contributed by atoms with E-state index in [0.717, 1.165) is 47.5 Å². The molecule has 0 bridgehead atoms. The number of nitrogens with zero attached hydrogens (tertiary/aromatic N) is 5. The van der Waals surface area contributed by atoms with Crippen molar-refractivity contribution in [2.75, 3.05) is 0 Å². The van der Waals surface area contributed by atoms with Crippen LogP contribution in [0.3, 0.4) is 0 Å². The van der Waals surface area contributed by atoms with E-state index in [1.54, 1.807) is 23.1 Å². The third-order valence-corrected chi connectivity index (χ3v) is 5.58. The average molecular weight is 364 g/mol.